The molecule has 0 aromatic heterocycles. The molecule has 0 saturated carbocycles. The van der Waals surface area contributed by atoms with Gasteiger partial charge in [-0.3, -0.25) is 4.79 Å². The second-order valence-corrected chi connectivity index (χ2v) is 6.77. The van der Waals surface area contributed by atoms with Gasteiger partial charge in [0.25, 0.3) is 0 Å². The monoisotopic (exact) mass is 363 g/mol. The van der Waals surface area contributed by atoms with Gasteiger partial charge in [0.1, 0.15) is 11.4 Å². The largest absolute Gasteiger partial charge is 0.444 e. The molecule has 1 aromatic carbocycles. The first-order chi connectivity index (χ1) is 12.0. The molecule has 0 bridgehead atoms. The highest BCUT2D eigenvalue weighted by molar-refractivity contribution is 6.04. The molecular weight excluding hydrogens is 338 g/mol. The van der Waals surface area contributed by atoms with Gasteiger partial charge < -0.3 is 19.9 Å². The molecule has 1 aromatic rings. The third-order valence-electron chi connectivity index (χ3n) is 3.06. The standard InChI is InChI=1S/C19H25NO6/c1-12(11-15(22)14-9-7-6-8-10-14)25-17(23)16(13(2)21)20-18(24)26-19(3,4)5/h6-11,13,16,21H,1-5H3,(H,20,24)/t13-,16+/m1/s1. The number of ketones is 1. The normalized spacial score (nSPS) is 14.2. The number of ether oxygens (including phenoxy) is 2. The highest BCUT2D eigenvalue weighted by atomic mass is 16.6. The van der Waals surface area contributed by atoms with Crippen LogP contribution in [0.4, 0.5) is 4.79 Å². The van der Waals surface area contributed by atoms with Crippen LogP contribution in [-0.2, 0) is 14.3 Å². The van der Waals surface area contributed by atoms with Crippen molar-refractivity contribution in [1.29, 1.82) is 0 Å². The van der Waals surface area contributed by atoms with Crippen LogP contribution in [0.1, 0.15) is 45.0 Å². The van der Waals surface area contributed by atoms with Gasteiger partial charge in [-0.1, -0.05) is 30.3 Å². The van der Waals surface area contributed by atoms with Crippen molar-refractivity contribution in [3.8, 4) is 0 Å². The molecule has 0 saturated heterocycles. The second-order valence-electron chi connectivity index (χ2n) is 6.77. The summed E-state index contributed by atoms with van der Waals surface area (Å²) in [6.07, 6.45) is -0.908. The Hall–Kier alpha value is -2.67. The van der Waals surface area contributed by atoms with Crippen molar-refractivity contribution in [2.24, 2.45) is 0 Å². The Bertz CT molecular complexity index is 673. The summed E-state index contributed by atoms with van der Waals surface area (Å²) in [6.45, 7) is 7.78. The zero-order valence-electron chi connectivity index (χ0n) is 15.6. The van der Waals surface area contributed by atoms with Crippen molar-refractivity contribution < 1.29 is 29.0 Å². The lowest BCUT2D eigenvalue weighted by molar-refractivity contribution is -0.144. The molecule has 0 fully saturated rings. The SMILES string of the molecule is CC(=CC(=O)c1ccccc1)OC(=O)[C@@H](NC(=O)OC(C)(C)C)[C@@H](C)O. The number of aliphatic hydroxyl groups excluding tert-OH is 1. The minimum absolute atomic E-state index is 0.0421. The highest BCUT2D eigenvalue weighted by Crippen LogP contribution is 2.10. The van der Waals surface area contributed by atoms with Crippen molar-refractivity contribution >= 4 is 17.8 Å². The molecule has 2 atom stereocenters. The van der Waals surface area contributed by atoms with Crippen LogP contribution in [0.2, 0.25) is 0 Å². The van der Waals surface area contributed by atoms with Gasteiger partial charge in [0.15, 0.2) is 11.8 Å². The summed E-state index contributed by atoms with van der Waals surface area (Å²) in [5, 5.41) is 12.0. The van der Waals surface area contributed by atoms with Crippen LogP contribution < -0.4 is 5.32 Å². The summed E-state index contributed by atoms with van der Waals surface area (Å²) in [4.78, 5) is 36.1. The van der Waals surface area contributed by atoms with E-state index in [1.165, 1.54) is 19.9 Å². The van der Waals surface area contributed by atoms with Crippen molar-refractivity contribution in [2.75, 3.05) is 0 Å². The molecule has 0 aliphatic rings. The molecule has 26 heavy (non-hydrogen) atoms. The van der Waals surface area contributed by atoms with Crippen LogP contribution in [0.15, 0.2) is 42.2 Å². The zero-order valence-corrected chi connectivity index (χ0v) is 15.6. The number of hydrogen-bond acceptors (Lipinski definition) is 6. The predicted octanol–water partition coefficient (Wildman–Crippen LogP) is 2.59. The number of benzene rings is 1. The zero-order chi connectivity index (χ0) is 19.9. The Labute approximate surface area is 153 Å². The van der Waals surface area contributed by atoms with Gasteiger partial charge in [-0.15, -0.1) is 0 Å². The quantitative estimate of drug-likeness (QED) is 0.349. The lowest BCUT2D eigenvalue weighted by Crippen LogP contribution is -2.49. The van der Waals surface area contributed by atoms with E-state index in [4.69, 9.17) is 9.47 Å². The molecule has 0 unspecified atom stereocenters. The maximum absolute atomic E-state index is 12.2. The minimum atomic E-state index is -1.33. The van der Waals surface area contributed by atoms with Gasteiger partial charge in [0.2, 0.25) is 0 Å². The van der Waals surface area contributed by atoms with Crippen LogP contribution in [-0.4, -0.2) is 40.7 Å². The molecule has 7 nitrogen and oxygen atoms in total. The molecule has 0 aliphatic carbocycles. The number of aliphatic hydroxyl groups is 1. The molecule has 2 N–H and O–H groups in total. The average Bonchev–Trinajstić information content (AvgIpc) is 2.51. The van der Waals surface area contributed by atoms with Gasteiger partial charge in [-0.25, -0.2) is 9.59 Å². The summed E-state index contributed by atoms with van der Waals surface area (Å²) in [5.74, 6) is -1.19. The lowest BCUT2D eigenvalue weighted by atomic mass is 10.1. The number of esters is 1. The van der Waals surface area contributed by atoms with Gasteiger partial charge in [-0.05, 0) is 34.6 Å². The molecule has 0 heterocycles. The number of nitrogens with one attached hydrogen (secondary N) is 1. The third-order valence-corrected chi connectivity index (χ3v) is 3.06. The second kappa shape index (κ2) is 9.15. The van der Waals surface area contributed by atoms with Crippen LogP contribution in [0.3, 0.4) is 0 Å². The number of alkyl carbamates (subject to hydrolysis) is 1. The number of hydrogen-bond donors (Lipinski definition) is 2. The van der Waals surface area contributed by atoms with Gasteiger partial charge in [0, 0.05) is 11.6 Å². The van der Waals surface area contributed by atoms with E-state index in [1.807, 2.05) is 0 Å². The number of allylic oxidation sites excluding steroid dienone is 2. The topological polar surface area (TPSA) is 102 Å². The Kier molecular flexibility index (Phi) is 7.52. The Morgan fingerprint density at radius 2 is 1.73 bits per heavy atom. The first-order valence-corrected chi connectivity index (χ1v) is 8.16. The van der Waals surface area contributed by atoms with E-state index in [0.29, 0.717) is 5.56 Å². The fourth-order valence-electron chi connectivity index (χ4n) is 1.93. The number of carbonyl (C=O) groups excluding carboxylic acids is 3. The fraction of sp³-hybridized carbons (Fsp3) is 0.421. The average molecular weight is 363 g/mol. The van der Waals surface area contributed by atoms with E-state index in [1.54, 1.807) is 51.1 Å². The molecule has 7 heteroatoms. The molecule has 0 aliphatic heterocycles. The smallest absolute Gasteiger partial charge is 0.408 e. The summed E-state index contributed by atoms with van der Waals surface area (Å²) < 4.78 is 10.1. The van der Waals surface area contributed by atoms with E-state index in [2.05, 4.69) is 5.32 Å². The number of amides is 1. The van der Waals surface area contributed by atoms with E-state index >= 15 is 0 Å². The predicted molar refractivity (Wildman–Crippen MR) is 95.5 cm³/mol. The van der Waals surface area contributed by atoms with E-state index < -0.39 is 29.8 Å². The Morgan fingerprint density at radius 3 is 2.23 bits per heavy atom. The van der Waals surface area contributed by atoms with Crippen molar-refractivity contribution in [2.45, 2.75) is 52.4 Å². The van der Waals surface area contributed by atoms with Crippen molar-refractivity contribution in [3.63, 3.8) is 0 Å². The van der Waals surface area contributed by atoms with Crippen LogP contribution >= 0.6 is 0 Å². The lowest BCUT2D eigenvalue weighted by Gasteiger charge is -2.24. The van der Waals surface area contributed by atoms with Crippen LogP contribution in [0.25, 0.3) is 0 Å². The summed E-state index contributed by atoms with van der Waals surface area (Å²) >= 11 is 0. The highest BCUT2D eigenvalue weighted by Gasteiger charge is 2.29. The molecule has 1 amide bonds. The third kappa shape index (κ3) is 7.48. The molecule has 142 valence electrons. The summed E-state index contributed by atoms with van der Waals surface area (Å²) in [6, 6.07) is 7.16. The van der Waals surface area contributed by atoms with E-state index in [-0.39, 0.29) is 11.5 Å². The van der Waals surface area contributed by atoms with Gasteiger partial charge in [0.05, 0.1) is 6.10 Å². The maximum atomic E-state index is 12.2. The first-order valence-electron chi connectivity index (χ1n) is 8.16. The molecule has 1 rings (SSSR count). The number of rotatable bonds is 6. The molecule has 0 radical (unpaired) electrons. The van der Waals surface area contributed by atoms with Gasteiger partial charge >= 0.3 is 12.1 Å². The first kappa shape index (κ1) is 21.4. The van der Waals surface area contributed by atoms with E-state index in [9.17, 15) is 19.5 Å². The van der Waals surface area contributed by atoms with Crippen molar-refractivity contribution in [1.82, 2.24) is 5.32 Å². The number of carbonyl (C=O) groups is 3. The maximum Gasteiger partial charge on any atom is 0.408 e. The van der Waals surface area contributed by atoms with Crippen LogP contribution in [0.5, 0.6) is 0 Å². The summed E-state index contributed by atoms with van der Waals surface area (Å²) in [5.41, 5.74) is -0.309. The van der Waals surface area contributed by atoms with Crippen molar-refractivity contribution in [3.05, 3.63) is 47.7 Å². The Balaban J connectivity index is 2.76. The Morgan fingerprint density at radius 1 is 1.15 bits per heavy atom. The van der Waals surface area contributed by atoms with E-state index in [0.717, 1.165) is 0 Å². The van der Waals surface area contributed by atoms with Gasteiger partial charge in [-0.2, -0.15) is 0 Å². The summed E-state index contributed by atoms with van der Waals surface area (Å²) in [7, 11) is 0. The molecule has 0 spiro atoms. The van der Waals surface area contributed by atoms with Crippen LogP contribution in [0, 0.1) is 0 Å². The minimum Gasteiger partial charge on any atom is -0.444 e. The fourth-order valence-corrected chi connectivity index (χ4v) is 1.93. The molecular formula is C19H25NO6.